The fourth-order valence-corrected chi connectivity index (χ4v) is 3.08. The molecule has 0 spiro atoms. The summed E-state index contributed by atoms with van der Waals surface area (Å²) in [6.07, 6.45) is 7.35. The summed E-state index contributed by atoms with van der Waals surface area (Å²) in [5.41, 5.74) is 0. The number of piperidine rings is 1. The number of urea groups is 1. The van der Waals surface area contributed by atoms with Gasteiger partial charge in [-0.3, -0.25) is 0 Å². The number of carbonyl (C=O) groups excluding carboxylic acids is 1. The Morgan fingerprint density at radius 3 is 2.67 bits per heavy atom. The highest BCUT2D eigenvalue weighted by Gasteiger charge is 2.23. The minimum Gasteiger partial charge on any atom is -0.335 e. The average Bonchev–Trinajstić information content (AvgIpc) is 2.90. The third-order valence-electron chi connectivity index (χ3n) is 4.23. The largest absolute Gasteiger partial charge is 0.335 e. The fraction of sp³-hybridized carbons (Fsp3) is 0.929. The van der Waals surface area contributed by atoms with Gasteiger partial charge in [0.05, 0.1) is 0 Å². The summed E-state index contributed by atoms with van der Waals surface area (Å²) in [4.78, 5) is 14.2. The number of rotatable bonds is 4. The standard InChI is InChI=1S/C14H27N3O/c1-2-17(11-12-6-5-9-15-10-12)14(18)16-13-7-3-4-8-13/h12-13,15H,2-11H2,1H3,(H,16,18). The zero-order valence-corrected chi connectivity index (χ0v) is 11.6. The molecule has 2 aliphatic rings. The lowest BCUT2D eigenvalue weighted by Crippen LogP contribution is -2.47. The summed E-state index contributed by atoms with van der Waals surface area (Å²) in [7, 11) is 0. The number of nitrogens with zero attached hydrogens (tertiary/aromatic N) is 1. The molecule has 1 unspecified atom stereocenters. The van der Waals surface area contributed by atoms with Crippen molar-refractivity contribution in [2.75, 3.05) is 26.2 Å². The molecule has 0 radical (unpaired) electrons. The number of hydrogen-bond donors (Lipinski definition) is 2. The van der Waals surface area contributed by atoms with Crippen LogP contribution in [0.1, 0.15) is 45.4 Å². The van der Waals surface area contributed by atoms with E-state index in [-0.39, 0.29) is 6.03 Å². The number of amides is 2. The summed E-state index contributed by atoms with van der Waals surface area (Å²) in [6.45, 7) is 5.99. The molecule has 0 aromatic heterocycles. The van der Waals surface area contributed by atoms with E-state index in [1.165, 1.54) is 25.7 Å². The lowest BCUT2D eigenvalue weighted by atomic mass is 9.99. The lowest BCUT2D eigenvalue weighted by Gasteiger charge is -2.30. The zero-order chi connectivity index (χ0) is 12.8. The Labute approximate surface area is 110 Å². The first-order valence-corrected chi connectivity index (χ1v) is 7.55. The molecule has 1 heterocycles. The van der Waals surface area contributed by atoms with Crippen molar-refractivity contribution in [1.82, 2.24) is 15.5 Å². The quantitative estimate of drug-likeness (QED) is 0.804. The van der Waals surface area contributed by atoms with Crippen molar-refractivity contribution in [2.45, 2.75) is 51.5 Å². The molecule has 0 bridgehead atoms. The van der Waals surface area contributed by atoms with Crippen LogP contribution in [0.15, 0.2) is 0 Å². The summed E-state index contributed by atoms with van der Waals surface area (Å²) in [6, 6.07) is 0.575. The second-order valence-corrected chi connectivity index (χ2v) is 5.68. The van der Waals surface area contributed by atoms with Gasteiger partial charge in [-0.05, 0) is 51.6 Å². The minimum absolute atomic E-state index is 0.148. The van der Waals surface area contributed by atoms with Crippen LogP contribution < -0.4 is 10.6 Å². The van der Waals surface area contributed by atoms with Crippen LogP contribution in [0, 0.1) is 5.92 Å². The topological polar surface area (TPSA) is 44.4 Å². The summed E-state index contributed by atoms with van der Waals surface area (Å²) in [5.74, 6) is 0.632. The van der Waals surface area contributed by atoms with Crippen molar-refractivity contribution in [3.8, 4) is 0 Å². The van der Waals surface area contributed by atoms with E-state index in [0.29, 0.717) is 12.0 Å². The van der Waals surface area contributed by atoms with Gasteiger partial charge in [0, 0.05) is 19.1 Å². The predicted octanol–water partition coefficient (Wildman–Crippen LogP) is 1.96. The van der Waals surface area contributed by atoms with Crippen LogP contribution in [0.5, 0.6) is 0 Å². The molecule has 4 heteroatoms. The van der Waals surface area contributed by atoms with E-state index in [1.54, 1.807) is 0 Å². The van der Waals surface area contributed by atoms with Gasteiger partial charge in [-0.15, -0.1) is 0 Å². The highest BCUT2D eigenvalue weighted by Crippen LogP contribution is 2.18. The van der Waals surface area contributed by atoms with E-state index in [0.717, 1.165) is 39.0 Å². The van der Waals surface area contributed by atoms with Crippen molar-refractivity contribution < 1.29 is 4.79 Å². The molecule has 1 aliphatic heterocycles. The van der Waals surface area contributed by atoms with E-state index in [9.17, 15) is 4.79 Å². The van der Waals surface area contributed by atoms with Gasteiger partial charge in [0.2, 0.25) is 0 Å². The molecule has 1 saturated heterocycles. The Kier molecular flexibility index (Phi) is 5.29. The van der Waals surface area contributed by atoms with Crippen LogP contribution in [0.25, 0.3) is 0 Å². The first-order valence-electron chi connectivity index (χ1n) is 7.55. The molecule has 1 aliphatic carbocycles. The molecule has 0 aromatic rings. The Bertz CT molecular complexity index is 258. The van der Waals surface area contributed by atoms with Gasteiger partial charge in [-0.2, -0.15) is 0 Å². The molecule has 104 valence electrons. The molecule has 0 aromatic carbocycles. The molecule has 2 N–H and O–H groups in total. The first-order chi connectivity index (χ1) is 8.79. The second-order valence-electron chi connectivity index (χ2n) is 5.68. The minimum atomic E-state index is 0.148. The van der Waals surface area contributed by atoms with Crippen LogP contribution in [0.2, 0.25) is 0 Å². The predicted molar refractivity (Wildman–Crippen MR) is 73.6 cm³/mol. The van der Waals surface area contributed by atoms with Crippen molar-refractivity contribution >= 4 is 6.03 Å². The van der Waals surface area contributed by atoms with Gasteiger partial charge in [-0.25, -0.2) is 4.79 Å². The molecule has 18 heavy (non-hydrogen) atoms. The monoisotopic (exact) mass is 253 g/mol. The van der Waals surface area contributed by atoms with E-state index in [2.05, 4.69) is 17.6 Å². The maximum Gasteiger partial charge on any atom is 0.317 e. The molecule has 2 fully saturated rings. The molecule has 2 rings (SSSR count). The molecule has 1 saturated carbocycles. The van der Waals surface area contributed by atoms with Gasteiger partial charge >= 0.3 is 6.03 Å². The van der Waals surface area contributed by atoms with Crippen LogP contribution in [-0.4, -0.2) is 43.2 Å². The van der Waals surface area contributed by atoms with Gasteiger partial charge in [-0.1, -0.05) is 12.8 Å². The maximum atomic E-state index is 12.2. The van der Waals surface area contributed by atoms with E-state index in [4.69, 9.17) is 0 Å². The second kappa shape index (κ2) is 6.98. The van der Waals surface area contributed by atoms with Gasteiger partial charge in [0.1, 0.15) is 0 Å². The molecular weight excluding hydrogens is 226 g/mol. The summed E-state index contributed by atoms with van der Waals surface area (Å²) < 4.78 is 0. The number of hydrogen-bond acceptors (Lipinski definition) is 2. The van der Waals surface area contributed by atoms with Crippen molar-refractivity contribution in [3.63, 3.8) is 0 Å². The van der Waals surface area contributed by atoms with Crippen molar-refractivity contribution in [2.24, 2.45) is 5.92 Å². The van der Waals surface area contributed by atoms with Crippen LogP contribution in [0.4, 0.5) is 4.79 Å². The zero-order valence-electron chi connectivity index (χ0n) is 11.6. The highest BCUT2D eigenvalue weighted by molar-refractivity contribution is 5.74. The molecule has 2 amide bonds. The Balaban J connectivity index is 1.76. The van der Waals surface area contributed by atoms with Crippen LogP contribution in [-0.2, 0) is 0 Å². The lowest BCUT2D eigenvalue weighted by molar-refractivity contribution is 0.180. The van der Waals surface area contributed by atoms with Crippen LogP contribution in [0.3, 0.4) is 0 Å². The van der Waals surface area contributed by atoms with Crippen molar-refractivity contribution in [1.29, 1.82) is 0 Å². The van der Waals surface area contributed by atoms with E-state index in [1.807, 2.05) is 4.90 Å². The van der Waals surface area contributed by atoms with Gasteiger partial charge in [0.15, 0.2) is 0 Å². The molecule has 4 nitrogen and oxygen atoms in total. The van der Waals surface area contributed by atoms with Crippen LogP contribution >= 0.6 is 0 Å². The average molecular weight is 253 g/mol. The molecular formula is C14H27N3O. The Morgan fingerprint density at radius 1 is 1.28 bits per heavy atom. The summed E-state index contributed by atoms with van der Waals surface area (Å²) >= 11 is 0. The normalized spacial score (nSPS) is 25.1. The highest BCUT2D eigenvalue weighted by atomic mass is 16.2. The van der Waals surface area contributed by atoms with Crippen molar-refractivity contribution in [3.05, 3.63) is 0 Å². The third kappa shape index (κ3) is 3.87. The Hall–Kier alpha value is -0.770. The van der Waals surface area contributed by atoms with Gasteiger partial charge < -0.3 is 15.5 Å². The van der Waals surface area contributed by atoms with E-state index >= 15 is 0 Å². The summed E-state index contributed by atoms with van der Waals surface area (Å²) in [5, 5.41) is 6.60. The number of nitrogens with one attached hydrogen (secondary N) is 2. The molecule has 1 atom stereocenters. The smallest absolute Gasteiger partial charge is 0.317 e. The SMILES string of the molecule is CCN(CC1CCCNC1)C(=O)NC1CCCC1. The fourth-order valence-electron chi connectivity index (χ4n) is 3.08. The first kappa shape index (κ1) is 13.7. The maximum absolute atomic E-state index is 12.2. The number of carbonyl (C=O) groups is 1. The third-order valence-corrected chi connectivity index (χ3v) is 4.23. The van der Waals surface area contributed by atoms with Gasteiger partial charge in [0.25, 0.3) is 0 Å². The Morgan fingerprint density at radius 2 is 2.06 bits per heavy atom. The van der Waals surface area contributed by atoms with E-state index < -0.39 is 0 Å².